The number of nitrogens with zero attached hydrogens (tertiary/aromatic N) is 1. The highest BCUT2D eigenvalue weighted by Gasteiger charge is 2.17. The van der Waals surface area contributed by atoms with Gasteiger partial charge in [0.1, 0.15) is 9.33 Å². The van der Waals surface area contributed by atoms with Crippen LogP contribution < -0.4 is 5.73 Å². The molecule has 2 N–H and O–H groups in total. The van der Waals surface area contributed by atoms with Gasteiger partial charge in [0.15, 0.2) is 11.6 Å². The Morgan fingerprint density at radius 3 is 2.93 bits per heavy atom. The molecule has 2 heterocycles. The van der Waals surface area contributed by atoms with Crippen molar-refractivity contribution in [3.8, 4) is 11.3 Å². The summed E-state index contributed by atoms with van der Waals surface area (Å²) < 4.78 is 11.3. The number of anilines is 1. The first-order chi connectivity index (χ1) is 6.74. The molecule has 74 valence electrons. The van der Waals surface area contributed by atoms with Crippen LogP contribution in [0.2, 0.25) is 0 Å². The van der Waals surface area contributed by atoms with Gasteiger partial charge in [-0.2, -0.15) is 0 Å². The molecule has 0 bridgehead atoms. The maximum Gasteiger partial charge on any atom is 0.185 e. The van der Waals surface area contributed by atoms with Gasteiger partial charge in [-0.05, 0) is 28.7 Å². The molecule has 0 aliphatic heterocycles. The Morgan fingerprint density at radius 2 is 2.36 bits per heavy atom. The molecule has 0 aliphatic rings. The molecule has 0 fully saturated rings. The summed E-state index contributed by atoms with van der Waals surface area (Å²) in [6.45, 7) is 2.02. The lowest BCUT2D eigenvalue weighted by Crippen LogP contribution is -1.86. The van der Waals surface area contributed by atoms with Gasteiger partial charge < -0.3 is 14.7 Å². The number of nitrogen functional groups attached to an aromatic ring is 1. The molecule has 2 aromatic heterocycles. The van der Waals surface area contributed by atoms with Crippen molar-refractivity contribution in [3.05, 3.63) is 21.7 Å². The van der Waals surface area contributed by atoms with Crippen LogP contribution in [-0.2, 0) is 6.42 Å². The second kappa shape index (κ2) is 3.64. The van der Waals surface area contributed by atoms with E-state index in [1.165, 1.54) is 0 Å². The smallest absolute Gasteiger partial charge is 0.185 e. The van der Waals surface area contributed by atoms with Crippen LogP contribution in [0, 0.1) is 3.57 Å². The lowest BCUT2D eigenvalue weighted by atomic mass is 10.2. The van der Waals surface area contributed by atoms with E-state index in [1.54, 1.807) is 6.26 Å². The minimum atomic E-state index is 0.420. The van der Waals surface area contributed by atoms with Gasteiger partial charge in [-0.25, -0.2) is 0 Å². The quantitative estimate of drug-likeness (QED) is 0.866. The van der Waals surface area contributed by atoms with Gasteiger partial charge in [-0.3, -0.25) is 0 Å². The highest BCUT2D eigenvalue weighted by atomic mass is 127. The summed E-state index contributed by atoms with van der Waals surface area (Å²) in [5, 5.41) is 3.70. The molecule has 0 saturated heterocycles. The molecule has 0 aromatic carbocycles. The Balaban J connectivity index is 2.54. The van der Waals surface area contributed by atoms with Gasteiger partial charge in [0, 0.05) is 6.42 Å². The minimum Gasteiger partial charge on any atom is -0.469 e. The second-order valence-corrected chi connectivity index (χ2v) is 3.90. The molecular weight excluding hydrogens is 295 g/mol. The van der Waals surface area contributed by atoms with E-state index in [0.717, 1.165) is 21.3 Å². The summed E-state index contributed by atoms with van der Waals surface area (Å²) in [6, 6.07) is 1.86. The fraction of sp³-hybridized carbons (Fsp3) is 0.222. The molecule has 0 atom stereocenters. The third-order valence-corrected chi connectivity index (χ3v) is 3.01. The van der Waals surface area contributed by atoms with E-state index >= 15 is 0 Å². The fourth-order valence-electron chi connectivity index (χ4n) is 1.28. The number of hydrogen-bond donors (Lipinski definition) is 1. The summed E-state index contributed by atoms with van der Waals surface area (Å²) in [5.74, 6) is 2.00. The summed E-state index contributed by atoms with van der Waals surface area (Å²) in [5.41, 5.74) is 6.53. The molecule has 0 unspecified atom stereocenters. The van der Waals surface area contributed by atoms with E-state index < -0.39 is 0 Å². The van der Waals surface area contributed by atoms with Crippen molar-refractivity contribution in [2.45, 2.75) is 13.3 Å². The first-order valence-corrected chi connectivity index (χ1v) is 5.29. The minimum absolute atomic E-state index is 0.420. The third-order valence-electron chi connectivity index (χ3n) is 1.97. The van der Waals surface area contributed by atoms with Crippen LogP contribution in [0.3, 0.4) is 0 Å². The van der Waals surface area contributed by atoms with E-state index in [4.69, 9.17) is 14.7 Å². The van der Waals surface area contributed by atoms with Crippen molar-refractivity contribution in [2.75, 3.05) is 5.73 Å². The molecule has 0 spiro atoms. The predicted octanol–water partition coefficient (Wildman–Crippen LogP) is 2.68. The standard InChI is InChI=1S/C9H9IN2O2/c1-2-6-5(3-4-13-6)8-7(10)9(11)12-14-8/h3-4H,2H2,1H3,(H2,11,12). The van der Waals surface area contributed by atoms with Crippen molar-refractivity contribution in [1.82, 2.24) is 5.16 Å². The molecule has 5 heteroatoms. The molecule has 2 rings (SSSR count). The van der Waals surface area contributed by atoms with Crippen LogP contribution in [0.25, 0.3) is 11.3 Å². The van der Waals surface area contributed by atoms with Crippen LogP contribution in [-0.4, -0.2) is 5.16 Å². The average Bonchev–Trinajstić information content (AvgIpc) is 2.75. The molecule has 2 aromatic rings. The first-order valence-electron chi connectivity index (χ1n) is 4.21. The summed E-state index contributed by atoms with van der Waals surface area (Å²) in [6.07, 6.45) is 2.46. The van der Waals surface area contributed by atoms with Gasteiger partial charge >= 0.3 is 0 Å². The molecule has 0 saturated carbocycles. The van der Waals surface area contributed by atoms with Crippen LogP contribution in [0.4, 0.5) is 5.82 Å². The van der Waals surface area contributed by atoms with Crippen molar-refractivity contribution in [2.24, 2.45) is 0 Å². The van der Waals surface area contributed by atoms with Gasteiger partial charge in [0.05, 0.1) is 11.8 Å². The summed E-state index contributed by atoms with van der Waals surface area (Å²) in [4.78, 5) is 0. The van der Waals surface area contributed by atoms with E-state index in [0.29, 0.717) is 11.6 Å². The number of halogens is 1. The lowest BCUT2D eigenvalue weighted by Gasteiger charge is -1.94. The van der Waals surface area contributed by atoms with Crippen LogP contribution in [0.15, 0.2) is 21.3 Å². The van der Waals surface area contributed by atoms with Crippen molar-refractivity contribution in [1.29, 1.82) is 0 Å². The summed E-state index contributed by atoms with van der Waals surface area (Å²) in [7, 11) is 0. The lowest BCUT2D eigenvalue weighted by molar-refractivity contribution is 0.433. The van der Waals surface area contributed by atoms with Crippen LogP contribution >= 0.6 is 22.6 Å². The van der Waals surface area contributed by atoms with E-state index in [2.05, 4.69) is 27.7 Å². The number of rotatable bonds is 2. The Kier molecular flexibility index (Phi) is 2.49. The topological polar surface area (TPSA) is 65.2 Å². The second-order valence-electron chi connectivity index (χ2n) is 2.82. The van der Waals surface area contributed by atoms with Gasteiger partial charge in [0.2, 0.25) is 0 Å². The first kappa shape index (κ1) is 9.57. The number of hydrogen-bond acceptors (Lipinski definition) is 4. The van der Waals surface area contributed by atoms with Gasteiger partial charge in [-0.1, -0.05) is 12.1 Å². The zero-order chi connectivity index (χ0) is 10.1. The Labute approximate surface area is 94.6 Å². The molecule has 4 nitrogen and oxygen atoms in total. The number of aromatic nitrogens is 1. The van der Waals surface area contributed by atoms with Gasteiger partial charge in [-0.15, -0.1) is 0 Å². The highest BCUT2D eigenvalue weighted by molar-refractivity contribution is 14.1. The SMILES string of the molecule is CCc1occc1-c1onc(N)c1I. The van der Waals surface area contributed by atoms with Crippen LogP contribution in [0.5, 0.6) is 0 Å². The zero-order valence-electron chi connectivity index (χ0n) is 7.58. The van der Waals surface area contributed by atoms with E-state index in [9.17, 15) is 0 Å². The van der Waals surface area contributed by atoms with Crippen molar-refractivity contribution < 1.29 is 8.94 Å². The average molecular weight is 304 g/mol. The van der Waals surface area contributed by atoms with Crippen LogP contribution in [0.1, 0.15) is 12.7 Å². The van der Waals surface area contributed by atoms with E-state index in [1.807, 2.05) is 13.0 Å². The Bertz CT molecular complexity index is 447. The normalized spacial score (nSPS) is 10.7. The third kappa shape index (κ3) is 1.41. The highest BCUT2D eigenvalue weighted by Crippen LogP contribution is 2.32. The Hall–Kier alpha value is -0.980. The maximum atomic E-state index is 5.60. The summed E-state index contributed by atoms with van der Waals surface area (Å²) >= 11 is 2.11. The molecule has 0 aliphatic carbocycles. The molecule has 0 amide bonds. The largest absolute Gasteiger partial charge is 0.469 e. The fourth-order valence-corrected chi connectivity index (χ4v) is 1.76. The Morgan fingerprint density at radius 1 is 1.57 bits per heavy atom. The zero-order valence-corrected chi connectivity index (χ0v) is 9.74. The van der Waals surface area contributed by atoms with Crippen molar-refractivity contribution >= 4 is 28.4 Å². The van der Waals surface area contributed by atoms with E-state index in [-0.39, 0.29) is 0 Å². The maximum absolute atomic E-state index is 5.60. The molecule has 0 radical (unpaired) electrons. The van der Waals surface area contributed by atoms with Gasteiger partial charge in [0.25, 0.3) is 0 Å². The monoisotopic (exact) mass is 304 g/mol. The number of aryl methyl sites for hydroxylation is 1. The number of nitrogens with two attached hydrogens (primary N) is 1. The molecule has 14 heavy (non-hydrogen) atoms. The predicted molar refractivity (Wildman–Crippen MR) is 60.7 cm³/mol. The number of furan rings is 1. The van der Waals surface area contributed by atoms with Crippen molar-refractivity contribution in [3.63, 3.8) is 0 Å². The molecular formula is C9H9IN2O2.